The number of carboxylic acids is 1. The largest absolute Gasteiger partial charge is 0.481 e. The summed E-state index contributed by atoms with van der Waals surface area (Å²) in [7, 11) is 0. The van der Waals surface area contributed by atoms with Crippen molar-refractivity contribution in [1.29, 1.82) is 0 Å². The van der Waals surface area contributed by atoms with Gasteiger partial charge in [-0.05, 0) is 54.3 Å². The number of hydrogen-bond acceptors (Lipinski definition) is 5. The average Bonchev–Trinajstić information content (AvgIpc) is 2.93. The van der Waals surface area contributed by atoms with Crippen LogP contribution in [0.25, 0.3) is 0 Å². The number of nitrogens with one attached hydrogen (secondary N) is 1. The Kier molecular flexibility index (Phi) is 8.16. The van der Waals surface area contributed by atoms with E-state index in [0.29, 0.717) is 40.2 Å². The topological polar surface area (TPSA) is 109 Å². The fourth-order valence-corrected chi connectivity index (χ4v) is 6.25. The van der Waals surface area contributed by atoms with E-state index in [1.807, 2.05) is 6.07 Å². The molecule has 39 heavy (non-hydrogen) atoms. The minimum absolute atomic E-state index is 0.0413. The minimum Gasteiger partial charge on any atom is -0.481 e. The van der Waals surface area contributed by atoms with E-state index in [1.54, 1.807) is 65.7 Å². The van der Waals surface area contributed by atoms with E-state index in [2.05, 4.69) is 10.5 Å². The standard InChI is InChI=1S/C29H27Cl2N3O5/c30-17-12-13-21(23(31)15-17)26-25(27(35)33-39-16-18-7-5-6-14-32-18)19-8-1-2-9-20(19)28(36)34(26)24-11-4-3-10-22(24)29(37)38/h1-2,5-9,12-15,22,24-26H,3-4,10-11,16H2,(H,33,35)(H,37,38). The van der Waals surface area contributed by atoms with E-state index in [0.717, 1.165) is 12.8 Å². The van der Waals surface area contributed by atoms with Crippen LogP contribution in [0, 0.1) is 5.92 Å². The summed E-state index contributed by atoms with van der Waals surface area (Å²) in [5, 5.41) is 10.8. The summed E-state index contributed by atoms with van der Waals surface area (Å²) in [6.07, 6.45) is 4.09. The molecule has 0 spiro atoms. The van der Waals surface area contributed by atoms with Crippen LogP contribution in [0.2, 0.25) is 10.0 Å². The van der Waals surface area contributed by atoms with Crippen LogP contribution in [0.15, 0.2) is 66.9 Å². The number of rotatable bonds is 7. The highest BCUT2D eigenvalue weighted by atomic mass is 35.5. The quantitative estimate of drug-likeness (QED) is 0.362. The molecule has 8 nitrogen and oxygen atoms in total. The Labute approximate surface area is 235 Å². The smallest absolute Gasteiger partial charge is 0.308 e. The molecule has 4 unspecified atom stereocenters. The Morgan fingerprint density at radius 1 is 1.03 bits per heavy atom. The third-order valence-electron chi connectivity index (χ3n) is 7.46. The highest BCUT2D eigenvalue weighted by Gasteiger charge is 2.50. The number of carbonyl (C=O) groups is 3. The number of carbonyl (C=O) groups excluding carboxylic acids is 2. The number of aliphatic carboxylic acids is 1. The Balaban J connectivity index is 1.60. The fraction of sp³-hybridized carbons (Fsp3) is 0.310. The normalized spacial score (nSPS) is 22.7. The Morgan fingerprint density at radius 2 is 1.79 bits per heavy atom. The van der Waals surface area contributed by atoms with Crippen LogP contribution in [0.1, 0.15) is 64.8 Å². The molecule has 1 aromatic heterocycles. The second-order valence-corrected chi connectivity index (χ2v) is 10.6. The van der Waals surface area contributed by atoms with Crippen molar-refractivity contribution in [3.8, 4) is 0 Å². The lowest BCUT2D eigenvalue weighted by molar-refractivity contribution is -0.146. The maximum atomic E-state index is 14.1. The molecule has 5 rings (SSSR count). The van der Waals surface area contributed by atoms with Gasteiger partial charge in [0.1, 0.15) is 6.61 Å². The lowest BCUT2D eigenvalue weighted by Gasteiger charge is -2.48. The van der Waals surface area contributed by atoms with Crippen molar-refractivity contribution in [2.75, 3.05) is 0 Å². The first-order valence-corrected chi connectivity index (χ1v) is 13.5. The lowest BCUT2D eigenvalue weighted by atomic mass is 9.75. The molecule has 2 amide bonds. The molecular formula is C29H27Cl2N3O5. The summed E-state index contributed by atoms with van der Waals surface area (Å²) in [6, 6.07) is 15.6. The molecule has 1 saturated carbocycles. The van der Waals surface area contributed by atoms with E-state index >= 15 is 0 Å². The Hall–Kier alpha value is -3.46. The predicted molar refractivity (Wildman–Crippen MR) is 145 cm³/mol. The van der Waals surface area contributed by atoms with E-state index in [1.165, 1.54) is 0 Å². The molecule has 2 N–H and O–H groups in total. The van der Waals surface area contributed by atoms with Crippen molar-refractivity contribution in [3.63, 3.8) is 0 Å². The molecule has 0 bridgehead atoms. The maximum Gasteiger partial charge on any atom is 0.308 e. The number of fused-ring (bicyclic) bond motifs is 1. The molecule has 1 aliphatic carbocycles. The van der Waals surface area contributed by atoms with Crippen LogP contribution in [-0.4, -0.2) is 38.8 Å². The van der Waals surface area contributed by atoms with Crippen molar-refractivity contribution in [2.45, 2.75) is 50.3 Å². The van der Waals surface area contributed by atoms with Gasteiger partial charge in [-0.25, -0.2) is 5.48 Å². The molecule has 2 aromatic carbocycles. The van der Waals surface area contributed by atoms with Gasteiger partial charge in [0.25, 0.3) is 11.8 Å². The van der Waals surface area contributed by atoms with Crippen LogP contribution in [0.3, 0.4) is 0 Å². The number of hydrogen-bond donors (Lipinski definition) is 2. The van der Waals surface area contributed by atoms with Gasteiger partial charge in [0.15, 0.2) is 0 Å². The number of aromatic nitrogens is 1. The molecule has 202 valence electrons. The molecule has 1 aliphatic heterocycles. The molecule has 2 aliphatic rings. The molecule has 3 aromatic rings. The highest BCUT2D eigenvalue weighted by molar-refractivity contribution is 6.35. The predicted octanol–water partition coefficient (Wildman–Crippen LogP) is 5.56. The number of nitrogens with zero attached hydrogens (tertiary/aromatic N) is 2. The van der Waals surface area contributed by atoms with Crippen molar-refractivity contribution in [2.24, 2.45) is 5.92 Å². The fourth-order valence-electron chi connectivity index (χ4n) is 5.73. The minimum atomic E-state index is -0.966. The molecule has 10 heteroatoms. The number of hydroxylamine groups is 1. The Bertz CT molecular complexity index is 1390. The van der Waals surface area contributed by atoms with Crippen LogP contribution in [0.4, 0.5) is 0 Å². The van der Waals surface area contributed by atoms with Gasteiger partial charge < -0.3 is 10.0 Å². The third-order valence-corrected chi connectivity index (χ3v) is 8.03. The van der Waals surface area contributed by atoms with Crippen molar-refractivity contribution in [3.05, 3.63) is 99.3 Å². The zero-order valence-electron chi connectivity index (χ0n) is 20.9. The third kappa shape index (κ3) is 5.50. The van der Waals surface area contributed by atoms with Crippen molar-refractivity contribution >= 4 is 41.0 Å². The highest BCUT2D eigenvalue weighted by Crippen LogP contribution is 2.48. The van der Waals surface area contributed by atoms with Crippen molar-refractivity contribution in [1.82, 2.24) is 15.4 Å². The first-order valence-electron chi connectivity index (χ1n) is 12.8. The Morgan fingerprint density at radius 3 is 2.54 bits per heavy atom. The molecule has 2 heterocycles. The van der Waals surface area contributed by atoms with Gasteiger partial charge in [-0.3, -0.25) is 24.2 Å². The van der Waals surface area contributed by atoms with Gasteiger partial charge in [-0.1, -0.05) is 66.4 Å². The second kappa shape index (κ2) is 11.7. The van der Waals surface area contributed by atoms with E-state index in [-0.39, 0.29) is 17.5 Å². The van der Waals surface area contributed by atoms with Gasteiger partial charge in [0.05, 0.1) is 23.6 Å². The SMILES string of the molecule is O=C(O)C1CCCCC1N1C(=O)c2ccccc2C(C(=O)NOCc2ccccn2)C1c1ccc(Cl)cc1Cl. The molecule has 0 radical (unpaired) electrons. The van der Waals surface area contributed by atoms with Gasteiger partial charge in [-0.15, -0.1) is 0 Å². The summed E-state index contributed by atoms with van der Waals surface area (Å²) in [5.41, 5.74) is 4.53. The summed E-state index contributed by atoms with van der Waals surface area (Å²) < 4.78 is 0. The maximum absolute atomic E-state index is 14.1. The zero-order chi connectivity index (χ0) is 27.5. The monoisotopic (exact) mass is 567 g/mol. The van der Waals surface area contributed by atoms with Gasteiger partial charge in [-0.2, -0.15) is 0 Å². The summed E-state index contributed by atoms with van der Waals surface area (Å²) in [5.74, 6) is -3.50. The first-order chi connectivity index (χ1) is 18.9. The van der Waals surface area contributed by atoms with Crippen molar-refractivity contribution < 1.29 is 24.3 Å². The molecule has 1 fully saturated rings. The number of carboxylic acid groups (broad SMARTS) is 1. The number of benzene rings is 2. The number of pyridine rings is 1. The van der Waals surface area contributed by atoms with Crippen LogP contribution < -0.4 is 5.48 Å². The van der Waals surface area contributed by atoms with E-state index < -0.39 is 35.8 Å². The van der Waals surface area contributed by atoms with E-state index in [9.17, 15) is 19.5 Å². The zero-order valence-corrected chi connectivity index (χ0v) is 22.4. The van der Waals surface area contributed by atoms with Crippen LogP contribution >= 0.6 is 23.2 Å². The summed E-state index contributed by atoms with van der Waals surface area (Å²) in [6.45, 7) is 0.0413. The number of amides is 2. The van der Waals surface area contributed by atoms with E-state index in [4.69, 9.17) is 28.0 Å². The number of halogens is 2. The van der Waals surface area contributed by atoms with Gasteiger partial charge >= 0.3 is 5.97 Å². The first kappa shape index (κ1) is 27.1. The summed E-state index contributed by atoms with van der Waals surface area (Å²) >= 11 is 12.9. The van der Waals surface area contributed by atoms with Crippen LogP contribution in [0.5, 0.6) is 0 Å². The second-order valence-electron chi connectivity index (χ2n) is 9.76. The molecular weight excluding hydrogens is 541 g/mol. The molecule has 4 atom stereocenters. The van der Waals surface area contributed by atoms with Gasteiger partial charge in [0, 0.05) is 27.8 Å². The molecule has 0 saturated heterocycles. The van der Waals surface area contributed by atoms with Crippen LogP contribution in [-0.2, 0) is 21.0 Å². The van der Waals surface area contributed by atoms with Gasteiger partial charge in [0.2, 0.25) is 0 Å². The lowest BCUT2D eigenvalue weighted by Crippen LogP contribution is -2.55. The summed E-state index contributed by atoms with van der Waals surface area (Å²) in [4.78, 5) is 51.6. The average molecular weight is 568 g/mol.